The third kappa shape index (κ3) is 4.55. The lowest BCUT2D eigenvalue weighted by molar-refractivity contribution is -0.159. The van der Waals surface area contributed by atoms with Crippen LogP contribution in [0.3, 0.4) is 0 Å². The van der Waals surface area contributed by atoms with E-state index in [-0.39, 0.29) is 21.1 Å². The predicted octanol–water partition coefficient (Wildman–Crippen LogP) is 2.11. The molecule has 1 aliphatic rings. The average molecular weight is 349 g/mol. The molecule has 5 nitrogen and oxygen atoms in total. The lowest BCUT2D eigenvalue weighted by Crippen LogP contribution is -2.51. The van der Waals surface area contributed by atoms with Crippen LogP contribution in [0.25, 0.3) is 0 Å². The van der Waals surface area contributed by atoms with E-state index in [1.165, 1.54) is 31.2 Å². The zero-order valence-electron chi connectivity index (χ0n) is 12.5. The number of allylic oxidation sites excluding steroid dienone is 4. The van der Waals surface area contributed by atoms with E-state index in [1.54, 1.807) is 0 Å². The number of halogens is 3. The number of carbonyl (C=O) groups is 1. The van der Waals surface area contributed by atoms with E-state index in [4.69, 9.17) is 0 Å². The monoisotopic (exact) mass is 349 g/mol. The summed E-state index contributed by atoms with van der Waals surface area (Å²) in [6, 6.07) is -2.37. The van der Waals surface area contributed by atoms with Gasteiger partial charge < -0.3 is 9.87 Å². The Labute approximate surface area is 134 Å². The van der Waals surface area contributed by atoms with Gasteiger partial charge in [0.15, 0.2) is 6.04 Å². The van der Waals surface area contributed by atoms with Gasteiger partial charge in [0.25, 0.3) is 0 Å². The van der Waals surface area contributed by atoms with Gasteiger partial charge in [0, 0.05) is 24.7 Å². The normalized spacial score (nSPS) is 23.7. The minimum absolute atomic E-state index is 0.105. The van der Waals surface area contributed by atoms with Gasteiger partial charge >= 0.3 is 6.18 Å². The Bertz CT molecular complexity index is 609. The van der Waals surface area contributed by atoms with Gasteiger partial charge in [-0.1, -0.05) is 24.8 Å². The van der Waals surface area contributed by atoms with Gasteiger partial charge in [0.2, 0.25) is 5.91 Å². The Kier molecular flexibility index (Phi) is 6.34. The maximum Gasteiger partial charge on any atom is 0.413 e. The second-order valence-electron chi connectivity index (χ2n) is 4.65. The molecular formula is C14H16F3N2O3S-. The first-order valence-corrected chi connectivity index (χ1v) is 7.56. The molecule has 0 spiro atoms. The molecule has 0 saturated heterocycles. The Balaban J connectivity index is 3.52. The molecule has 0 aromatic carbocycles. The first kappa shape index (κ1) is 19.2. The number of hydrogen-bond donors (Lipinski definition) is 1. The first-order valence-electron chi connectivity index (χ1n) is 6.53. The number of hydrogen-bond acceptors (Lipinski definition) is 3. The third-order valence-corrected chi connectivity index (χ3v) is 3.77. The van der Waals surface area contributed by atoms with Gasteiger partial charge in [0.05, 0.1) is 5.70 Å². The summed E-state index contributed by atoms with van der Waals surface area (Å²) in [6.07, 6.45) is 0.392. The summed E-state index contributed by atoms with van der Waals surface area (Å²) in [5.74, 6) is -0.521. The van der Waals surface area contributed by atoms with Crippen LogP contribution in [0, 0.1) is 0 Å². The summed E-state index contributed by atoms with van der Waals surface area (Å²) in [4.78, 5) is 11.0. The highest BCUT2D eigenvalue weighted by atomic mass is 32.2. The summed E-state index contributed by atoms with van der Waals surface area (Å²) in [5.41, 5.74) is -0.129. The van der Waals surface area contributed by atoms with Crippen LogP contribution in [0.15, 0.2) is 47.7 Å². The fraction of sp³-hybridized carbons (Fsp3) is 0.357. The van der Waals surface area contributed by atoms with Crippen molar-refractivity contribution in [2.45, 2.75) is 26.1 Å². The molecule has 0 bridgehead atoms. The van der Waals surface area contributed by atoms with Gasteiger partial charge in [-0.3, -0.25) is 13.3 Å². The van der Waals surface area contributed by atoms with Gasteiger partial charge in [0.1, 0.15) is 0 Å². The Morgan fingerprint density at radius 3 is 2.57 bits per heavy atom. The van der Waals surface area contributed by atoms with Crippen molar-refractivity contribution in [3.8, 4) is 0 Å². The highest BCUT2D eigenvalue weighted by Gasteiger charge is 2.49. The molecule has 0 radical (unpaired) electrons. The first-order chi connectivity index (χ1) is 10.6. The van der Waals surface area contributed by atoms with Crippen LogP contribution in [-0.2, 0) is 16.1 Å². The van der Waals surface area contributed by atoms with Crippen LogP contribution >= 0.6 is 0 Å². The summed E-state index contributed by atoms with van der Waals surface area (Å²) < 4.78 is 63.4. The molecular weight excluding hydrogens is 333 g/mol. The molecule has 1 amide bonds. The van der Waals surface area contributed by atoms with Crippen molar-refractivity contribution in [1.29, 1.82) is 0 Å². The maximum absolute atomic E-state index is 13.4. The second kappa shape index (κ2) is 7.60. The predicted molar refractivity (Wildman–Crippen MR) is 79.4 cm³/mol. The van der Waals surface area contributed by atoms with E-state index in [1.807, 2.05) is 0 Å². The molecule has 0 fully saturated rings. The lowest BCUT2D eigenvalue weighted by atomic mass is 9.95. The number of nitrogens with zero attached hydrogens (tertiary/aromatic N) is 1. The smallest absolute Gasteiger partial charge is 0.413 e. The van der Waals surface area contributed by atoms with Crippen molar-refractivity contribution in [2.75, 3.05) is 6.54 Å². The third-order valence-electron chi connectivity index (χ3n) is 3.04. The van der Waals surface area contributed by atoms with E-state index >= 15 is 0 Å². The molecule has 1 N–H and O–H groups in total. The van der Waals surface area contributed by atoms with Crippen molar-refractivity contribution < 1.29 is 26.7 Å². The molecule has 9 heteroatoms. The average Bonchev–Trinajstić information content (AvgIpc) is 2.42. The van der Waals surface area contributed by atoms with Crippen LogP contribution in [-0.4, -0.2) is 37.7 Å². The Hall–Kier alpha value is -1.87. The van der Waals surface area contributed by atoms with Crippen molar-refractivity contribution in [2.24, 2.45) is 0 Å². The molecule has 2 atom stereocenters. The zero-order chi connectivity index (χ0) is 17.8. The van der Waals surface area contributed by atoms with Crippen LogP contribution in [0.4, 0.5) is 13.2 Å². The largest absolute Gasteiger partial charge is 0.755 e. The van der Waals surface area contributed by atoms with Crippen LogP contribution < -0.4 is 5.32 Å². The molecule has 1 aliphatic heterocycles. The maximum atomic E-state index is 13.4. The van der Waals surface area contributed by atoms with Crippen molar-refractivity contribution in [1.82, 2.24) is 9.62 Å². The van der Waals surface area contributed by atoms with Crippen LogP contribution in [0.5, 0.6) is 0 Å². The van der Waals surface area contributed by atoms with Gasteiger partial charge in [-0.2, -0.15) is 13.2 Å². The topological polar surface area (TPSA) is 72.5 Å². The quantitative estimate of drug-likeness (QED) is 0.790. The van der Waals surface area contributed by atoms with Gasteiger partial charge in [-0.15, -0.1) is 0 Å². The summed E-state index contributed by atoms with van der Waals surface area (Å²) in [5, 5.41) is 2.26. The number of amides is 1. The van der Waals surface area contributed by atoms with Gasteiger partial charge in [-0.05, 0) is 24.1 Å². The van der Waals surface area contributed by atoms with Gasteiger partial charge in [-0.25, -0.2) is 0 Å². The number of carbonyl (C=O) groups excluding carboxylic acids is 1. The summed E-state index contributed by atoms with van der Waals surface area (Å²) >= 11 is -3.15. The molecule has 0 aliphatic carbocycles. The van der Waals surface area contributed by atoms with Crippen LogP contribution in [0.1, 0.15) is 13.8 Å². The Morgan fingerprint density at radius 1 is 1.57 bits per heavy atom. The highest BCUT2D eigenvalue weighted by Crippen LogP contribution is 2.39. The minimum atomic E-state index is -4.83. The van der Waals surface area contributed by atoms with Crippen molar-refractivity contribution >= 4 is 17.2 Å². The van der Waals surface area contributed by atoms with E-state index in [0.29, 0.717) is 0 Å². The van der Waals surface area contributed by atoms with E-state index < -0.39 is 35.9 Å². The fourth-order valence-corrected chi connectivity index (χ4v) is 3.01. The lowest BCUT2D eigenvalue weighted by Gasteiger charge is -2.41. The van der Waals surface area contributed by atoms with Crippen molar-refractivity contribution in [3.63, 3.8) is 0 Å². The van der Waals surface area contributed by atoms with E-state index in [9.17, 15) is 26.7 Å². The summed E-state index contributed by atoms with van der Waals surface area (Å²) in [6.45, 7) is 5.64. The minimum Gasteiger partial charge on any atom is -0.755 e. The standard InChI is InChI=1S/C14H17F3N2O3S/c1-4-6-10-7-11(8-18-9(3)20)13(14(15,16)17)19(23(21)22)12(10)5-2/h4-7,13H,1,8H2,2-3H3,(H,18,20)(H,21,22)/p-1/b10-6-,12-5+/t13-/m0/s1. The zero-order valence-corrected chi connectivity index (χ0v) is 13.3. The number of rotatable bonds is 4. The fourth-order valence-electron chi connectivity index (χ4n) is 2.21. The summed E-state index contributed by atoms with van der Waals surface area (Å²) in [7, 11) is 0. The second-order valence-corrected chi connectivity index (χ2v) is 5.48. The van der Waals surface area contributed by atoms with E-state index in [2.05, 4.69) is 11.9 Å². The molecule has 1 rings (SSSR count). The van der Waals surface area contributed by atoms with Crippen molar-refractivity contribution in [3.05, 3.63) is 47.7 Å². The number of nitrogens with one attached hydrogen (secondary N) is 1. The molecule has 0 aromatic rings. The molecule has 128 valence electrons. The molecule has 0 aromatic heterocycles. The Morgan fingerprint density at radius 2 is 2.17 bits per heavy atom. The van der Waals surface area contributed by atoms with E-state index in [0.717, 1.165) is 6.92 Å². The number of alkyl halides is 3. The molecule has 1 heterocycles. The molecule has 1 unspecified atom stereocenters. The highest BCUT2D eigenvalue weighted by molar-refractivity contribution is 7.76. The molecule has 23 heavy (non-hydrogen) atoms. The van der Waals surface area contributed by atoms with Crippen LogP contribution in [0.2, 0.25) is 0 Å². The SMILES string of the molecule is C=C/C=C1/C=C(CNC(C)=O)[C@@H](C(F)(F)F)N(S(=O)[O-])/C1=C/C. The molecule has 0 saturated carbocycles.